The summed E-state index contributed by atoms with van der Waals surface area (Å²) in [6.45, 7) is 4.02. The van der Waals surface area contributed by atoms with Gasteiger partial charge in [0, 0.05) is 16.1 Å². The molecule has 0 aliphatic carbocycles. The Bertz CT molecular complexity index is 531. The van der Waals surface area contributed by atoms with Gasteiger partial charge in [0.25, 0.3) is 0 Å². The average Bonchev–Trinajstić information content (AvgIpc) is 2.93. The van der Waals surface area contributed by atoms with Gasteiger partial charge in [-0.2, -0.15) is 5.21 Å². The lowest BCUT2D eigenvalue weighted by atomic mass is 10.0. The van der Waals surface area contributed by atoms with Gasteiger partial charge in [0.1, 0.15) is 5.75 Å². The van der Waals surface area contributed by atoms with Gasteiger partial charge in [0.15, 0.2) is 5.82 Å². The van der Waals surface area contributed by atoms with Crippen molar-refractivity contribution in [2.45, 2.75) is 32.4 Å². The molecule has 0 spiro atoms. The number of tetrazole rings is 1. The number of phenolic OH excluding ortho intramolecular Hbond substituents is 1. The number of aromatic amines is 1. The summed E-state index contributed by atoms with van der Waals surface area (Å²) in [5, 5.41) is 27.3. The first-order valence-electron chi connectivity index (χ1n) is 6.09. The van der Waals surface area contributed by atoms with Gasteiger partial charge < -0.3 is 10.4 Å². The second-order valence-corrected chi connectivity index (χ2v) is 5.24. The third-order valence-corrected chi connectivity index (χ3v) is 3.47. The summed E-state index contributed by atoms with van der Waals surface area (Å²) in [7, 11) is 0. The molecule has 0 amide bonds. The first-order valence-corrected chi connectivity index (χ1v) is 6.89. The van der Waals surface area contributed by atoms with Gasteiger partial charge in [0.05, 0.1) is 6.04 Å². The molecule has 1 heterocycles. The summed E-state index contributed by atoms with van der Waals surface area (Å²) in [4.78, 5) is 0. The molecule has 3 N–H and O–H groups in total. The van der Waals surface area contributed by atoms with E-state index >= 15 is 0 Å². The predicted octanol–water partition coefficient (Wildman–Crippen LogP) is 2.47. The minimum absolute atomic E-state index is 0.0194. The summed E-state index contributed by atoms with van der Waals surface area (Å²) in [6, 6.07) is 5.38. The molecule has 0 radical (unpaired) electrons. The summed E-state index contributed by atoms with van der Waals surface area (Å²) < 4.78 is 0.938. The topological polar surface area (TPSA) is 86.7 Å². The van der Waals surface area contributed by atoms with Crippen molar-refractivity contribution in [1.82, 2.24) is 25.9 Å². The van der Waals surface area contributed by atoms with E-state index in [0.29, 0.717) is 5.82 Å². The van der Waals surface area contributed by atoms with E-state index in [4.69, 9.17) is 0 Å². The van der Waals surface area contributed by atoms with Crippen LogP contribution in [0.15, 0.2) is 22.7 Å². The van der Waals surface area contributed by atoms with E-state index in [9.17, 15) is 5.11 Å². The fraction of sp³-hybridized carbons (Fsp3) is 0.417. The molecule has 0 aliphatic heterocycles. The zero-order valence-corrected chi connectivity index (χ0v) is 12.3. The number of phenols is 1. The molecule has 2 atom stereocenters. The second kappa shape index (κ2) is 6.12. The Morgan fingerprint density at radius 3 is 2.89 bits per heavy atom. The SMILES string of the molecule is CCC(NC(C)c1nn[nH]n1)c1cc(Br)ccc1O. The third-order valence-electron chi connectivity index (χ3n) is 2.97. The monoisotopic (exact) mass is 325 g/mol. The molecular weight excluding hydrogens is 310 g/mol. The van der Waals surface area contributed by atoms with E-state index in [1.807, 2.05) is 19.1 Å². The van der Waals surface area contributed by atoms with Crippen LogP contribution in [0, 0.1) is 0 Å². The summed E-state index contributed by atoms with van der Waals surface area (Å²) in [6.07, 6.45) is 0.839. The molecule has 7 heteroatoms. The summed E-state index contributed by atoms with van der Waals surface area (Å²) >= 11 is 3.42. The number of aromatic nitrogens is 4. The fourth-order valence-electron chi connectivity index (χ4n) is 1.96. The number of nitrogens with zero attached hydrogens (tertiary/aromatic N) is 3. The Morgan fingerprint density at radius 2 is 2.26 bits per heavy atom. The van der Waals surface area contributed by atoms with Crippen molar-refractivity contribution in [2.24, 2.45) is 0 Å². The minimum atomic E-state index is -0.0536. The highest BCUT2D eigenvalue weighted by Gasteiger charge is 2.19. The van der Waals surface area contributed by atoms with Crippen LogP contribution in [0.1, 0.15) is 43.7 Å². The molecule has 1 aromatic carbocycles. The Kier molecular flexibility index (Phi) is 4.49. The number of H-pyrrole nitrogens is 1. The van der Waals surface area contributed by atoms with Crippen LogP contribution in [0.2, 0.25) is 0 Å². The van der Waals surface area contributed by atoms with Gasteiger partial charge in [-0.15, -0.1) is 10.2 Å². The van der Waals surface area contributed by atoms with Crippen LogP contribution in [0.25, 0.3) is 0 Å². The molecule has 102 valence electrons. The van der Waals surface area contributed by atoms with Gasteiger partial charge in [-0.3, -0.25) is 0 Å². The van der Waals surface area contributed by atoms with E-state index in [1.54, 1.807) is 6.07 Å². The quantitative estimate of drug-likeness (QED) is 0.786. The van der Waals surface area contributed by atoms with E-state index in [-0.39, 0.29) is 17.8 Å². The highest BCUT2D eigenvalue weighted by molar-refractivity contribution is 9.10. The maximum atomic E-state index is 9.97. The molecule has 1 aromatic heterocycles. The van der Waals surface area contributed by atoms with E-state index < -0.39 is 0 Å². The van der Waals surface area contributed by atoms with Crippen LogP contribution in [0.4, 0.5) is 0 Å². The molecule has 0 fully saturated rings. The van der Waals surface area contributed by atoms with Crippen LogP contribution in [-0.4, -0.2) is 25.7 Å². The molecule has 2 aromatic rings. The van der Waals surface area contributed by atoms with Crippen molar-refractivity contribution >= 4 is 15.9 Å². The van der Waals surface area contributed by atoms with Gasteiger partial charge in [0.2, 0.25) is 0 Å². The maximum Gasteiger partial charge on any atom is 0.191 e. The van der Waals surface area contributed by atoms with Crippen molar-refractivity contribution in [1.29, 1.82) is 0 Å². The third kappa shape index (κ3) is 3.30. The Balaban J connectivity index is 2.18. The lowest BCUT2D eigenvalue weighted by molar-refractivity contribution is 0.412. The Hall–Kier alpha value is -1.47. The van der Waals surface area contributed by atoms with Crippen LogP contribution in [0.3, 0.4) is 0 Å². The van der Waals surface area contributed by atoms with E-state index in [0.717, 1.165) is 16.5 Å². The Labute approximate surface area is 119 Å². The van der Waals surface area contributed by atoms with Crippen LogP contribution in [0.5, 0.6) is 5.75 Å². The van der Waals surface area contributed by atoms with Gasteiger partial charge in [-0.1, -0.05) is 28.1 Å². The van der Waals surface area contributed by atoms with Crippen LogP contribution < -0.4 is 5.32 Å². The standard InChI is InChI=1S/C12H16BrN5O/c1-3-10(9-6-8(13)4-5-11(9)19)14-7(2)12-15-17-18-16-12/h4-7,10,14,19H,3H2,1-2H3,(H,15,16,17,18). The predicted molar refractivity (Wildman–Crippen MR) is 74.6 cm³/mol. The number of aromatic hydroxyl groups is 1. The number of hydrogen-bond donors (Lipinski definition) is 3. The van der Waals surface area contributed by atoms with Crippen molar-refractivity contribution < 1.29 is 5.11 Å². The first-order chi connectivity index (χ1) is 9.11. The minimum Gasteiger partial charge on any atom is -0.508 e. The molecule has 2 unspecified atom stereocenters. The molecular formula is C12H16BrN5O. The zero-order valence-electron chi connectivity index (χ0n) is 10.8. The Morgan fingerprint density at radius 1 is 1.47 bits per heavy atom. The summed E-state index contributed by atoms with van der Waals surface area (Å²) in [5.74, 6) is 0.885. The lowest BCUT2D eigenvalue weighted by Crippen LogP contribution is -2.25. The molecule has 19 heavy (non-hydrogen) atoms. The molecule has 0 bridgehead atoms. The number of halogens is 1. The highest BCUT2D eigenvalue weighted by atomic mass is 79.9. The number of benzene rings is 1. The largest absolute Gasteiger partial charge is 0.508 e. The first kappa shape index (κ1) is 14.0. The van der Waals surface area contributed by atoms with Crippen molar-refractivity contribution in [3.63, 3.8) is 0 Å². The molecule has 2 rings (SSSR count). The van der Waals surface area contributed by atoms with Crippen molar-refractivity contribution in [3.05, 3.63) is 34.1 Å². The number of nitrogens with one attached hydrogen (secondary N) is 2. The van der Waals surface area contributed by atoms with Crippen molar-refractivity contribution in [2.75, 3.05) is 0 Å². The number of hydrogen-bond acceptors (Lipinski definition) is 5. The molecule has 0 saturated heterocycles. The average molecular weight is 326 g/mol. The van der Waals surface area contributed by atoms with Crippen molar-refractivity contribution in [3.8, 4) is 5.75 Å². The summed E-state index contributed by atoms with van der Waals surface area (Å²) in [5.41, 5.74) is 0.854. The molecule has 6 nitrogen and oxygen atoms in total. The fourth-order valence-corrected chi connectivity index (χ4v) is 2.34. The lowest BCUT2D eigenvalue weighted by Gasteiger charge is -2.21. The maximum absolute atomic E-state index is 9.97. The zero-order chi connectivity index (χ0) is 13.8. The van der Waals surface area contributed by atoms with Crippen LogP contribution in [-0.2, 0) is 0 Å². The molecule has 0 aliphatic rings. The molecule has 0 saturated carbocycles. The van der Waals surface area contributed by atoms with E-state index in [1.165, 1.54) is 0 Å². The van der Waals surface area contributed by atoms with Gasteiger partial charge in [-0.05, 0) is 31.5 Å². The van der Waals surface area contributed by atoms with Crippen LogP contribution >= 0.6 is 15.9 Å². The normalized spacial score (nSPS) is 14.3. The second-order valence-electron chi connectivity index (χ2n) is 4.32. The van der Waals surface area contributed by atoms with Gasteiger partial charge >= 0.3 is 0 Å². The van der Waals surface area contributed by atoms with Gasteiger partial charge in [-0.25, -0.2) is 0 Å². The number of rotatable bonds is 5. The highest BCUT2D eigenvalue weighted by Crippen LogP contribution is 2.30. The smallest absolute Gasteiger partial charge is 0.191 e. The van der Waals surface area contributed by atoms with E-state index in [2.05, 4.69) is 48.8 Å².